The highest BCUT2D eigenvalue weighted by molar-refractivity contribution is 4.61. The van der Waals surface area contributed by atoms with E-state index in [0.717, 1.165) is 19.6 Å². The smallest absolute Gasteiger partial charge is 0.160 e. The lowest BCUT2D eigenvalue weighted by atomic mass is 10.0. The minimum atomic E-state index is 0.0744. The molecule has 0 aliphatic carbocycles. The van der Waals surface area contributed by atoms with Crippen LogP contribution in [0.25, 0.3) is 0 Å². The number of unbranched alkanes of at least 4 members (excludes halogenated alkanes) is 3. The lowest BCUT2D eigenvalue weighted by Crippen LogP contribution is -2.30. The number of hydrogen-bond donors (Lipinski definition) is 0. The maximum atomic E-state index is 5.57. The standard InChI is InChI=1S/C12H24O2/c1-3-4-5-6-8-11(2)12-13-9-7-10-14-12/h11-12H,3-10H2,1-2H3/t11-/m1/s1. The van der Waals surface area contributed by atoms with Gasteiger partial charge in [-0.25, -0.2) is 0 Å². The summed E-state index contributed by atoms with van der Waals surface area (Å²) < 4.78 is 11.1. The summed E-state index contributed by atoms with van der Waals surface area (Å²) in [6, 6.07) is 0. The van der Waals surface area contributed by atoms with Crippen molar-refractivity contribution >= 4 is 0 Å². The zero-order chi connectivity index (χ0) is 10.2. The molecule has 0 aromatic heterocycles. The van der Waals surface area contributed by atoms with E-state index in [4.69, 9.17) is 9.47 Å². The topological polar surface area (TPSA) is 18.5 Å². The van der Waals surface area contributed by atoms with Gasteiger partial charge >= 0.3 is 0 Å². The molecule has 2 heteroatoms. The van der Waals surface area contributed by atoms with E-state index in [9.17, 15) is 0 Å². The van der Waals surface area contributed by atoms with Crippen LogP contribution in [0.5, 0.6) is 0 Å². The van der Waals surface area contributed by atoms with Gasteiger partial charge in [-0.1, -0.05) is 39.5 Å². The molecule has 1 saturated heterocycles. The minimum absolute atomic E-state index is 0.0744. The highest BCUT2D eigenvalue weighted by Crippen LogP contribution is 2.20. The fourth-order valence-electron chi connectivity index (χ4n) is 1.86. The van der Waals surface area contributed by atoms with E-state index in [1.807, 2.05) is 0 Å². The van der Waals surface area contributed by atoms with Gasteiger partial charge in [-0.05, 0) is 12.8 Å². The Morgan fingerprint density at radius 3 is 2.50 bits per heavy atom. The first kappa shape index (κ1) is 12.0. The Hall–Kier alpha value is -0.0800. The van der Waals surface area contributed by atoms with Crippen LogP contribution in [0.1, 0.15) is 52.4 Å². The van der Waals surface area contributed by atoms with Crippen LogP contribution in [0.2, 0.25) is 0 Å². The Kier molecular flexibility index (Phi) is 6.20. The first-order valence-electron chi connectivity index (χ1n) is 6.07. The molecule has 0 aromatic rings. The molecule has 0 saturated carbocycles. The molecule has 0 N–H and O–H groups in total. The van der Waals surface area contributed by atoms with E-state index in [1.165, 1.54) is 32.1 Å². The van der Waals surface area contributed by atoms with Crippen LogP contribution in [0.3, 0.4) is 0 Å². The second kappa shape index (κ2) is 7.24. The molecule has 1 heterocycles. The predicted octanol–water partition coefficient (Wildman–Crippen LogP) is 3.36. The summed E-state index contributed by atoms with van der Waals surface area (Å²) >= 11 is 0. The van der Waals surface area contributed by atoms with E-state index >= 15 is 0 Å². The zero-order valence-corrected chi connectivity index (χ0v) is 9.63. The van der Waals surface area contributed by atoms with Gasteiger partial charge in [-0.2, -0.15) is 0 Å². The van der Waals surface area contributed by atoms with Gasteiger partial charge in [0, 0.05) is 5.92 Å². The maximum Gasteiger partial charge on any atom is 0.160 e. The predicted molar refractivity (Wildman–Crippen MR) is 58.2 cm³/mol. The lowest BCUT2D eigenvalue weighted by Gasteiger charge is -2.28. The summed E-state index contributed by atoms with van der Waals surface area (Å²) in [6.45, 7) is 6.24. The third-order valence-corrected chi connectivity index (χ3v) is 2.83. The van der Waals surface area contributed by atoms with Gasteiger partial charge in [-0.15, -0.1) is 0 Å². The summed E-state index contributed by atoms with van der Waals surface area (Å²) in [4.78, 5) is 0. The summed E-state index contributed by atoms with van der Waals surface area (Å²) in [5, 5.41) is 0. The molecule has 0 radical (unpaired) electrons. The third kappa shape index (κ3) is 4.43. The third-order valence-electron chi connectivity index (χ3n) is 2.83. The molecular formula is C12H24O2. The Balaban J connectivity index is 2.04. The molecule has 84 valence electrons. The number of hydrogen-bond acceptors (Lipinski definition) is 2. The maximum absolute atomic E-state index is 5.57. The van der Waals surface area contributed by atoms with E-state index in [1.54, 1.807) is 0 Å². The highest BCUT2D eigenvalue weighted by Gasteiger charge is 2.20. The van der Waals surface area contributed by atoms with Crippen LogP contribution in [0.15, 0.2) is 0 Å². The number of rotatable bonds is 6. The Morgan fingerprint density at radius 2 is 1.86 bits per heavy atom. The van der Waals surface area contributed by atoms with Crippen molar-refractivity contribution in [3.8, 4) is 0 Å². The Labute approximate surface area is 88.0 Å². The fraction of sp³-hybridized carbons (Fsp3) is 1.00. The van der Waals surface area contributed by atoms with Gasteiger partial charge in [-0.3, -0.25) is 0 Å². The molecule has 0 bridgehead atoms. The van der Waals surface area contributed by atoms with Crippen LogP contribution < -0.4 is 0 Å². The molecule has 1 aliphatic heterocycles. The highest BCUT2D eigenvalue weighted by atomic mass is 16.7. The van der Waals surface area contributed by atoms with E-state index in [2.05, 4.69) is 13.8 Å². The van der Waals surface area contributed by atoms with Gasteiger partial charge in [0.2, 0.25) is 0 Å². The molecule has 1 fully saturated rings. The van der Waals surface area contributed by atoms with Gasteiger partial charge in [0.05, 0.1) is 13.2 Å². The quantitative estimate of drug-likeness (QED) is 0.612. The second-order valence-electron chi connectivity index (χ2n) is 4.29. The van der Waals surface area contributed by atoms with Crippen LogP contribution in [-0.2, 0) is 9.47 Å². The van der Waals surface area contributed by atoms with Crippen molar-refractivity contribution in [2.75, 3.05) is 13.2 Å². The van der Waals surface area contributed by atoms with Crippen molar-refractivity contribution in [3.63, 3.8) is 0 Å². The van der Waals surface area contributed by atoms with Crippen LogP contribution in [-0.4, -0.2) is 19.5 Å². The van der Waals surface area contributed by atoms with Crippen molar-refractivity contribution < 1.29 is 9.47 Å². The van der Waals surface area contributed by atoms with Crippen LogP contribution in [0.4, 0.5) is 0 Å². The van der Waals surface area contributed by atoms with Crippen molar-refractivity contribution in [1.82, 2.24) is 0 Å². The zero-order valence-electron chi connectivity index (χ0n) is 9.63. The van der Waals surface area contributed by atoms with Gasteiger partial charge in [0.25, 0.3) is 0 Å². The summed E-state index contributed by atoms with van der Waals surface area (Å²) in [6.07, 6.45) is 7.71. The molecule has 1 rings (SSSR count). The van der Waals surface area contributed by atoms with Crippen LogP contribution >= 0.6 is 0 Å². The first-order valence-corrected chi connectivity index (χ1v) is 6.07. The first-order chi connectivity index (χ1) is 6.84. The largest absolute Gasteiger partial charge is 0.352 e. The molecule has 1 aliphatic rings. The van der Waals surface area contributed by atoms with Gasteiger partial charge < -0.3 is 9.47 Å². The van der Waals surface area contributed by atoms with E-state index in [0.29, 0.717) is 5.92 Å². The average molecular weight is 200 g/mol. The molecule has 2 nitrogen and oxygen atoms in total. The number of ether oxygens (including phenoxy) is 2. The van der Waals surface area contributed by atoms with Crippen molar-refractivity contribution in [3.05, 3.63) is 0 Å². The summed E-state index contributed by atoms with van der Waals surface area (Å²) in [7, 11) is 0. The molecule has 14 heavy (non-hydrogen) atoms. The summed E-state index contributed by atoms with van der Waals surface area (Å²) in [5.41, 5.74) is 0. The second-order valence-corrected chi connectivity index (χ2v) is 4.29. The van der Waals surface area contributed by atoms with E-state index < -0.39 is 0 Å². The van der Waals surface area contributed by atoms with E-state index in [-0.39, 0.29) is 6.29 Å². The molecular weight excluding hydrogens is 176 g/mol. The monoisotopic (exact) mass is 200 g/mol. The van der Waals surface area contributed by atoms with Crippen molar-refractivity contribution in [1.29, 1.82) is 0 Å². The normalized spacial score (nSPS) is 21.0. The van der Waals surface area contributed by atoms with Crippen molar-refractivity contribution in [2.24, 2.45) is 5.92 Å². The SMILES string of the molecule is CCCCCC[C@@H](C)C1OCCCO1. The van der Waals surface area contributed by atoms with Gasteiger partial charge in [0.15, 0.2) is 6.29 Å². The molecule has 0 unspecified atom stereocenters. The Bertz CT molecular complexity index is 130. The average Bonchev–Trinajstić information content (AvgIpc) is 2.25. The molecule has 0 spiro atoms. The fourth-order valence-corrected chi connectivity index (χ4v) is 1.86. The van der Waals surface area contributed by atoms with Crippen LogP contribution in [0, 0.1) is 5.92 Å². The minimum Gasteiger partial charge on any atom is -0.352 e. The molecule has 0 aromatic carbocycles. The van der Waals surface area contributed by atoms with Crippen molar-refractivity contribution in [2.45, 2.75) is 58.7 Å². The molecule has 1 atom stereocenters. The van der Waals surface area contributed by atoms with Gasteiger partial charge in [0.1, 0.15) is 0 Å². The summed E-state index contributed by atoms with van der Waals surface area (Å²) in [5.74, 6) is 0.562. The molecule has 0 amide bonds. The Morgan fingerprint density at radius 1 is 1.14 bits per heavy atom. The lowest BCUT2D eigenvalue weighted by molar-refractivity contribution is -0.203.